The monoisotopic (exact) mass is 438 g/mol. The Morgan fingerprint density at radius 3 is 1.35 bits per heavy atom. The quantitative estimate of drug-likeness (QED) is 0.350. The SMILES string of the molecule is CC(C)(N)C(O)CC(c1ccccc1)C(C)(C)N.CC(CC(O)C(C)(C)N)C(C)(C)N. The van der Waals surface area contributed by atoms with Gasteiger partial charge in [-0.25, -0.2) is 0 Å². The molecule has 0 bridgehead atoms. The fourth-order valence-corrected chi connectivity index (χ4v) is 3.02. The Bertz CT molecular complexity index is 604. The Labute approximate surface area is 190 Å². The van der Waals surface area contributed by atoms with Crippen molar-refractivity contribution in [2.75, 3.05) is 0 Å². The molecule has 0 saturated heterocycles. The Balaban J connectivity index is 0.000000615. The van der Waals surface area contributed by atoms with Crippen molar-refractivity contribution >= 4 is 0 Å². The van der Waals surface area contributed by atoms with Crippen molar-refractivity contribution in [3.8, 4) is 0 Å². The molecule has 10 N–H and O–H groups in total. The second-order valence-electron chi connectivity index (χ2n) is 11.7. The molecule has 0 spiro atoms. The minimum Gasteiger partial charge on any atom is -0.391 e. The molecule has 31 heavy (non-hydrogen) atoms. The first-order valence-corrected chi connectivity index (χ1v) is 11.2. The summed E-state index contributed by atoms with van der Waals surface area (Å²) in [6.45, 7) is 17.3. The van der Waals surface area contributed by atoms with E-state index < -0.39 is 28.8 Å². The molecular weight excluding hydrogens is 388 g/mol. The number of rotatable bonds is 9. The summed E-state index contributed by atoms with van der Waals surface area (Å²) in [5.74, 6) is 0.335. The molecular formula is C25H50N4O2. The number of benzene rings is 1. The van der Waals surface area contributed by atoms with E-state index >= 15 is 0 Å². The van der Waals surface area contributed by atoms with Crippen LogP contribution in [-0.2, 0) is 0 Å². The third kappa shape index (κ3) is 11.4. The summed E-state index contributed by atoms with van der Waals surface area (Å²) in [5.41, 5.74) is 23.2. The first kappa shape index (κ1) is 30.0. The molecule has 4 atom stereocenters. The van der Waals surface area contributed by atoms with Crippen LogP contribution in [0.15, 0.2) is 30.3 Å². The van der Waals surface area contributed by atoms with Gasteiger partial charge in [0.05, 0.1) is 12.2 Å². The van der Waals surface area contributed by atoms with Gasteiger partial charge in [-0.3, -0.25) is 0 Å². The zero-order valence-electron chi connectivity index (χ0n) is 21.3. The Morgan fingerprint density at radius 1 is 0.645 bits per heavy atom. The van der Waals surface area contributed by atoms with Gasteiger partial charge in [-0.15, -0.1) is 0 Å². The fraction of sp³-hybridized carbons (Fsp3) is 0.760. The lowest BCUT2D eigenvalue weighted by Crippen LogP contribution is -2.49. The molecule has 0 radical (unpaired) electrons. The molecule has 0 amide bonds. The molecule has 0 aromatic heterocycles. The lowest BCUT2D eigenvalue weighted by Gasteiger charge is -2.36. The van der Waals surface area contributed by atoms with Crippen molar-refractivity contribution in [3.63, 3.8) is 0 Å². The van der Waals surface area contributed by atoms with Crippen molar-refractivity contribution in [2.45, 2.75) is 115 Å². The molecule has 1 aromatic rings. The molecule has 0 heterocycles. The molecule has 0 saturated carbocycles. The smallest absolute Gasteiger partial charge is 0.0720 e. The summed E-state index contributed by atoms with van der Waals surface area (Å²) >= 11 is 0. The lowest BCUT2D eigenvalue weighted by atomic mass is 9.76. The summed E-state index contributed by atoms with van der Waals surface area (Å²) in [7, 11) is 0. The highest BCUT2D eigenvalue weighted by Crippen LogP contribution is 2.32. The third-order valence-corrected chi connectivity index (χ3v) is 6.12. The van der Waals surface area contributed by atoms with E-state index in [2.05, 4.69) is 12.1 Å². The van der Waals surface area contributed by atoms with Gasteiger partial charge in [0.25, 0.3) is 0 Å². The molecule has 6 heteroatoms. The Morgan fingerprint density at radius 2 is 1.03 bits per heavy atom. The number of aliphatic hydroxyl groups is 2. The van der Waals surface area contributed by atoms with Crippen molar-refractivity contribution < 1.29 is 10.2 Å². The lowest BCUT2D eigenvalue weighted by molar-refractivity contribution is 0.0694. The summed E-state index contributed by atoms with van der Waals surface area (Å²) < 4.78 is 0. The van der Waals surface area contributed by atoms with Gasteiger partial charge in [0, 0.05) is 28.1 Å². The van der Waals surface area contributed by atoms with E-state index in [4.69, 9.17) is 22.9 Å². The number of nitrogens with two attached hydrogens (primary N) is 4. The molecule has 182 valence electrons. The van der Waals surface area contributed by atoms with E-state index in [0.717, 1.165) is 5.56 Å². The summed E-state index contributed by atoms with van der Waals surface area (Å²) in [5, 5.41) is 19.9. The zero-order valence-corrected chi connectivity index (χ0v) is 21.3. The predicted molar refractivity (Wildman–Crippen MR) is 133 cm³/mol. The first-order chi connectivity index (χ1) is 13.7. The zero-order chi connectivity index (χ0) is 24.8. The van der Waals surface area contributed by atoms with E-state index in [9.17, 15) is 10.2 Å². The van der Waals surface area contributed by atoms with E-state index in [1.54, 1.807) is 0 Å². The highest BCUT2D eigenvalue weighted by atomic mass is 16.3. The molecule has 4 unspecified atom stereocenters. The van der Waals surface area contributed by atoms with Crippen LogP contribution in [0.3, 0.4) is 0 Å². The highest BCUT2D eigenvalue weighted by molar-refractivity contribution is 5.23. The standard InChI is InChI=1S/C15H26N2O.C10H24N2O/c1-14(2,16)12(10-13(18)15(3,4)17)11-8-6-5-7-9-11;1-7(9(2,3)11)6-8(13)10(4,5)12/h5-9,12-13,18H,10,16-17H2,1-4H3;7-8,13H,6,11-12H2,1-5H3. The third-order valence-electron chi connectivity index (χ3n) is 6.12. The normalized spacial score (nSPS) is 17.3. The maximum absolute atomic E-state index is 10.2. The number of hydrogen-bond donors (Lipinski definition) is 6. The molecule has 0 aliphatic rings. The Kier molecular flexibility index (Phi) is 10.8. The van der Waals surface area contributed by atoms with Crippen molar-refractivity contribution in [2.24, 2.45) is 28.9 Å². The molecule has 0 fully saturated rings. The van der Waals surface area contributed by atoms with E-state index in [1.165, 1.54) is 0 Å². The molecule has 1 aromatic carbocycles. The van der Waals surface area contributed by atoms with Crippen LogP contribution < -0.4 is 22.9 Å². The van der Waals surface area contributed by atoms with E-state index in [-0.39, 0.29) is 17.4 Å². The summed E-state index contributed by atoms with van der Waals surface area (Å²) in [6, 6.07) is 10.1. The topological polar surface area (TPSA) is 145 Å². The summed E-state index contributed by atoms with van der Waals surface area (Å²) in [4.78, 5) is 0. The van der Waals surface area contributed by atoms with Crippen molar-refractivity contribution in [1.29, 1.82) is 0 Å². The van der Waals surface area contributed by atoms with Gasteiger partial charge in [-0.1, -0.05) is 37.3 Å². The van der Waals surface area contributed by atoms with Gasteiger partial charge >= 0.3 is 0 Å². The van der Waals surface area contributed by atoms with Gasteiger partial charge in [0.15, 0.2) is 0 Å². The predicted octanol–water partition coefficient (Wildman–Crippen LogP) is 2.84. The minimum absolute atomic E-state index is 0.0801. The molecule has 0 aliphatic heterocycles. The van der Waals surface area contributed by atoms with Gasteiger partial charge in [0.2, 0.25) is 0 Å². The average molecular weight is 439 g/mol. The van der Waals surface area contributed by atoms with Crippen molar-refractivity contribution in [1.82, 2.24) is 0 Å². The van der Waals surface area contributed by atoms with Crippen LogP contribution >= 0.6 is 0 Å². The number of hydrogen-bond acceptors (Lipinski definition) is 6. The molecule has 6 nitrogen and oxygen atoms in total. The van der Waals surface area contributed by atoms with E-state index in [1.807, 2.05) is 80.5 Å². The van der Waals surface area contributed by atoms with Gasteiger partial charge in [-0.2, -0.15) is 0 Å². The van der Waals surface area contributed by atoms with Crippen LogP contribution in [0.2, 0.25) is 0 Å². The second kappa shape index (κ2) is 11.2. The second-order valence-corrected chi connectivity index (χ2v) is 11.7. The maximum atomic E-state index is 10.2. The Hall–Kier alpha value is -1.02. The van der Waals surface area contributed by atoms with Crippen LogP contribution in [0, 0.1) is 5.92 Å². The average Bonchev–Trinajstić information content (AvgIpc) is 2.57. The minimum atomic E-state index is -0.613. The fourth-order valence-electron chi connectivity index (χ4n) is 3.02. The van der Waals surface area contributed by atoms with Gasteiger partial charge in [-0.05, 0) is 79.7 Å². The van der Waals surface area contributed by atoms with Gasteiger partial charge < -0.3 is 33.1 Å². The molecule has 1 rings (SSSR count). The van der Waals surface area contributed by atoms with Crippen LogP contribution in [0.4, 0.5) is 0 Å². The van der Waals surface area contributed by atoms with Crippen molar-refractivity contribution in [3.05, 3.63) is 35.9 Å². The van der Waals surface area contributed by atoms with E-state index in [0.29, 0.717) is 12.8 Å². The van der Waals surface area contributed by atoms with Crippen LogP contribution in [0.5, 0.6) is 0 Å². The highest BCUT2D eigenvalue weighted by Gasteiger charge is 2.33. The molecule has 0 aliphatic carbocycles. The van der Waals surface area contributed by atoms with Crippen LogP contribution in [-0.4, -0.2) is 44.6 Å². The van der Waals surface area contributed by atoms with Crippen LogP contribution in [0.1, 0.15) is 86.6 Å². The van der Waals surface area contributed by atoms with Crippen LogP contribution in [0.25, 0.3) is 0 Å². The summed E-state index contributed by atoms with van der Waals surface area (Å²) in [6.07, 6.45) is 0.139. The first-order valence-electron chi connectivity index (χ1n) is 11.2. The number of aliphatic hydroxyl groups excluding tert-OH is 2. The largest absolute Gasteiger partial charge is 0.391 e. The maximum Gasteiger partial charge on any atom is 0.0720 e. The van der Waals surface area contributed by atoms with Gasteiger partial charge in [0.1, 0.15) is 0 Å².